The second-order valence-electron chi connectivity index (χ2n) is 18.9. The first-order valence-electron chi connectivity index (χ1n) is 27.8. The van der Waals surface area contributed by atoms with E-state index in [1.54, 1.807) is 6.20 Å². The lowest BCUT2D eigenvalue weighted by Crippen LogP contribution is -2.36. The number of amides is 5. The molecular weight excluding hydrogens is 1000 g/mol. The van der Waals surface area contributed by atoms with Gasteiger partial charge >= 0.3 is 5.97 Å². The Labute approximate surface area is 455 Å². The standard InChI is InChI=1S/C53H94N8O16/c54-45(35-44-36-56-41-61-44)47(64)33-42(46(63)34-43(37-62)53(55)71)17-15-16-20-57-49(66)38-75-30-28-73-25-22-59-51(68)40-77-32-29-74-26-23-60-50(67)39-76-31-27-72-24-21-58-48(65)18-13-11-9-7-5-3-1-2-4-6-8-10-12-14-19-52(69)70/h36,41-43,45,62H,1-35,37-40,54H2,(H2,55,71)(H,56,61)(H,57,66)(H,58,65)(H,59,68)(H,60,67)(H,69,70)/t42-,43+,45+/m1/s1. The maximum absolute atomic E-state index is 13.0. The van der Waals surface area contributed by atoms with Gasteiger partial charge in [0, 0.05) is 76.1 Å². The van der Waals surface area contributed by atoms with Gasteiger partial charge in [0.15, 0.2) is 5.78 Å². The molecule has 1 rings (SSSR count). The van der Waals surface area contributed by atoms with Crippen LogP contribution in [0.5, 0.6) is 0 Å². The zero-order chi connectivity index (χ0) is 56.4. The number of nitrogens with zero attached hydrogens (tertiary/aromatic N) is 1. The van der Waals surface area contributed by atoms with Gasteiger partial charge in [-0.3, -0.25) is 38.4 Å². The van der Waals surface area contributed by atoms with Gasteiger partial charge < -0.3 is 76.4 Å². The van der Waals surface area contributed by atoms with Gasteiger partial charge in [0.25, 0.3) is 0 Å². The van der Waals surface area contributed by atoms with E-state index < -0.39 is 36.4 Å². The second-order valence-corrected chi connectivity index (χ2v) is 18.9. The summed E-state index contributed by atoms with van der Waals surface area (Å²) in [6.07, 6.45) is 20.9. The topological polar surface area (TPSA) is 361 Å². The Bertz CT molecular complexity index is 1730. The van der Waals surface area contributed by atoms with Gasteiger partial charge in [-0.1, -0.05) is 83.5 Å². The minimum Gasteiger partial charge on any atom is -0.481 e. The van der Waals surface area contributed by atoms with Gasteiger partial charge in [0.05, 0.1) is 84.4 Å². The van der Waals surface area contributed by atoms with Crippen LogP contribution in [-0.4, -0.2) is 185 Å². The second kappa shape index (κ2) is 49.4. The highest BCUT2D eigenvalue weighted by Crippen LogP contribution is 2.21. The SMILES string of the molecule is NC(=O)[C@H](CO)CC(=O)[C@H](CCCCNC(=O)COCCOCCNC(=O)COCCOCCNC(=O)COCCOCCNC(=O)CCCCCCCCCCCCCCCCC(=O)O)CC(=O)[C@@H](N)Cc1cnc[nH]1. The van der Waals surface area contributed by atoms with Gasteiger partial charge in [-0.05, 0) is 25.7 Å². The van der Waals surface area contributed by atoms with Crippen LogP contribution in [0.2, 0.25) is 0 Å². The molecule has 11 N–H and O–H groups in total. The number of aliphatic hydroxyl groups excluding tert-OH is 1. The van der Waals surface area contributed by atoms with E-state index in [1.165, 1.54) is 57.7 Å². The number of aromatic amines is 1. The minimum atomic E-state index is -1.05. The number of nitrogens with one attached hydrogen (secondary N) is 5. The zero-order valence-corrected chi connectivity index (χ0v) is 45.7. The average Bonchev–Trinajstić information content (AvgIpc) is 3.92. The third-order valence-corrected chi connectivity index (χ3v) is 12.2. The number of imidazole rings is 1. The first-order valence-corrected chi connectivity index (χ1v) is 27.8. The summed E-state index contributed by atoms with van der Waals surface area (Å²) in [4.78, 5) is 103. The van der Waals surface area contributed by atoms with E-state index in [4.69, 9.17) is 45.0 Å². The van der Waals surface area contributed by atoms with Crippen LogP contribution in [0, 0.1) is 11.8 Å². The lowest BCUT2D eigenvalue weighted by molar-refractivity contribution is -0.137. The van der Waals surface area contributed by atoms with E-state index in [0.717, 1.165) is 38.5 Å². The number of hydrogen-bond acceptors (Lipinski definition) is 17. The van der Waals surface area contributed by atoms with Crippen molar-refractivity contribution < 1.29 is 77.0 Å². The van der Waals surface area contributed by atoms with Gasteiger partial charge in [-0.15, -0.1) is 0 Å². The third kappa shape index (κ3) is 43.7. The normalized spacial score (nSPS) is 12.4. The molecule has 1 heterocycles. The number of ether oxygens (including phenoxy) is 6. The van der Waals surface area contributed by atoms with Crippen molar-refractivity contribution in [1.29, 1.82) is 0 Å². The molecule has 0 aliphatic heterocycles. The van der Waals surface area contributed by atoms with Crippen LogP contribution in [0.1, 0.15) is 141 Å². The number of rotatable bonds is 56. The quantitative estimate of drug-likeness (QED) is 0.0421. The summed E-state index contributed by atoms with van der Waals surface area (Å²) < 4.78 is 32.3. The molecule has 0 fully saturated rings. The van der Waals surface area contributed by atoms with Crippen LogP contribution >= 0.6 is 0 Å². The van der Waals surface area contributed by atoms with Crippen LogP contribution in [0.15, 0.2) is 12.5 Å². The molecule has 0 saturated heterocycles. The van der Waals surface area contributed by atoms with E-state index >= 15 is 0 Å². The molecule has 0 aliphatic carbocycles. The number of aromatic nitrogens is 2. The smallest absolute Gasteiger partial charge is 0.303 e. The van der Waals surface area contributed by atoms with Crippen LogP contribution in [0.4, 0.5) is 0 Å². The molecule has 0 saturated carbocycles. The van der Waals surface area contributed by atoms with Crippen LogP contribution in [-0.2, 0) is 73.2 Å². The van der Waals surface area contributed by atoms with E-state index in [9.17, 15) is 43.5 Å². The number of Topliss-reactive ketones (excluding diaryl/α,β-unsaturated/α-hetero) is 2. The van der Waals surface area contributed by atoms with Crippen molar-refractivity contribution in [2.24, 2.45) is 23.3 Å². The molecule has 0 bridgehead atoms. The van der Waals surface area contributed by atoms with Crippen molar-refractivity contribution in [3.8, 4) is 0 Å². The molecule has 0 unspecified atom stereocenters. The molecule has 0 aliphatic rings. The Balaban J connectivity index is 1.90. The molecule has 77 heavy (non-hydrogen) atoms. The fourth-order valence-electron chi connectivity index (χ4n) is 7.79. The fraction of sp³-hybridized carbons (Fsp3) is 0.792. The number of nitrogens with two attached hydrogens (primary N) is 2. The summed E-state index contributed by atoms with van der Waals surface area (Å²) in [5, 5.41) is 29.1. The summed E-state index contributed by atoms with van der Waals surface area (Å²) >= 11 is 0. The highest BCUT2D eigenvalue weighted by molar-refractivity contribution is 5.92. The van der Waals surface area contributed by atoms with Crippen LogP contribution < -0.4 is 32.7 Å². The molecule has 1 aromatic heterocycles. The maximum Gasteiger partial charge on any atom is 0.303 e. The van der Waals surface area contributed by atoms with Crippen LogP contribution in [0.25, 0.3) is 0 Å². The summed E-state index contributed by atoms with van der Waals surface area (Å²) in [7, 11) is 0. The number of carboxylic acid groups (broad SMARTS) is 1. The summed E-state index contributed by atoms with van der Waals surface area (Å²) in [6.45, 7) is 2.31. The maximum atomic E-state index is 13.0. The lowest BCUT2D eigenvalue weighted by atomic mass is 9.85. The number of aliphatic hydroxyl groups is 1. The number of H-pyrrole nitrogens is 1. The van der Waals surface area contributed by atoms with E-state index in [1.807, 2.05) is 0 Å². The molecule has 0 radical (unpaired) electrons. The van der Waals surface area contributed by atoms with E-state index in [-0.39, 0.29) is 140 Å². The molecule has 0 spiro atoms. The Morgan fingerprint density at radius 1 is 0.506 bits per heavy atom. The lowest BCUT2D eigenvalue weighted by Gasteiger charge is -2.19. The van der Waals surface area contributed by atoms with Crippen molar-refractivity contribution in [3.63, 3.8) is 0 Å². The van der Waals surface area contributed by atoms with Gasteiger partial charge in [-0.25, -0.2) is 4.98 Å². The molecule has 5 amide bonds. The Kier molecular flexibility index (Phi) is 44.9. The molecule has 3 atom stereocenters. The molecule has 442 valence electrons. The van der Waals surface area contributed by atoms with Gasteiger partial charge in [0.1, 0.15) is 25.6 Å². The van der Waals surface area contributed by atoms with Gasteiger partial charge in [-0.2, -0.15) is 0 Å². The Morgan fingerprint density at radius 2 is 0.922 bits per heavy atom. The molecule has 24 nitrogen and oxygen atoms in total. The number of carboxylic acids is 1. The number of carbonyl (C=O) groups excluding carboxylic acids is 7. The van der Waals surface area contributed by atoms with E-state index in [0.29, 0.717) is 57.7 Å². The van der Waals surface area contributed by atoms with E-state index in [2.05, 4.69) is 31.2 Å². The van der Waals surface area contributed by atoms with Crippen molar-refractivity contribution in [2.45, 2.75) is 147 Å². The molecule has 1 aromatic rings. The number of unbranched alkanes of at least 4 members (excludes halogenated alkanes) is 14. The number of carbonyl (C=O) groups is 8. The summed E-state index contributed by atoms with van der Waals surface area (Å²) in [5.41, 5.74) is 12.1. The predicted octanol–water partition coefficient (Wildman–Crippen LogP) is 1.97. The highest BCUT2D eigenvalue weighted by Gasteiger charge is 2.28. The molecular formula is C53H94N8O16. The Hall–Kier alpha value is -4.95. The summed E-state index contributed by atoms with van der Waals surface area (Å²) in [5.74, 6) is -4.92. The molecule has 0 aromatic carbocycles. The number of primary amides is 1. The summed E-state index contributed by atoms with van der Waals surface area (Å²) in [6, 6.07) is -0.859. The van der Waals surface area contributed by atoms with Crippen molar-refractivity contribution in [1.82, 2.24) is 31.2 Å². The van der Waals surface area contributed by atoms with Crippen molar-refractivity contribution in [2.75, 3.05) is 112 Å². The average molecular weight is 1100 g/mol. The number of hydrogen-bond donors (Lipinski definition) is 9. The van der Waals surface area contributed by atoms with Crippen molar-refractivity contribution >= 4 is 47.1 Å². The Morgan fingerprint density at radius 3 is 1.35 bits per heavy atom. The van der Waals surface area contributed by atoms with Gasteiger partial charge in [0.2, 0.25) is 29.5 Å². The highest BCUT2D eigenvalue weighted by atomic mass is 16.5. The largest absolute Gasteiger partial charge is 0.481 e. The predicted molar refractivity (Wildman–Crippen MR) is 285 cm³/mol. The number of aliphatic carboxylic acids is 1. The first-order chi connectivity index (χ1) is 37.3. The third-order valence-electron chi connectivity index (χ3n) is 12.2. The number of ketones is 2. The van der Waals surface area contributed by atoms with Crippen LogP contribution in [0.3, 0.4) is 0 Å². The molecule has 24 heteroatoms. The zero-order valence-electron chi connectivity index (χ0n) is 45.7. The first kappa shape index (κ1) is 70.1. The fourth-order valence-corrected chi connectivity index (χ4v) is 7.79. The van der Waals surface area contributed by atoms with Crippen molar-refractivity contribution in [3.05, 3.63) is 18.2 Å². The minimum absolute atomic E-state index is 0.0259. The monoisotopic (exact) mass is 1100 g/mol.